The fraction of sp³-hybridized carbons (Fsp3) is 0.565. The van der Waals surface area contributed by atoms with E-state index in [9.17, 15) is 9.59 Å². The average Bonchev–Trinajstić information content (AvgIpc) is 2.67. The van der Waals surface area contributed by atoms with Gasteiger partial charge in [-0.1, -0.05) is 0 Å². The van der Waals surface area contributed by atoms with Crippen LogP contribution in [-0.4, -0.2) is 52.5 Å². The van der Waals surface area contributed by atoms with Crippen molar-refractivity contribution in [3.05, 3.63) is 56.5 Å². The summed E-state index contributed by atoms with van der Waals surface area (Å²) in [5.41, 5.74) is 4.16. The molecule has 0 aliphatic heterocycles. The molecule has 0 bridgehead atoms. The molecule has 3 rings (SSSR count). The summed E-state index contributed by atoms with van der Waals surface area (Å²) >= 11 is 0. The van der Waals surface area contributed by atoms with Crippen molar-refractivity contribution in [2.75, 3.05) is 27.2 Å². The monoisotopic (exact) mass is 411 g/mol. The number of carbonyl (C=O) groups excluding carboxylic acids is 1. The maximum absolute atomic E-state index is 13.0. The Labute approximate surface area is 178 Å². The van der Waals surface area contributed by atoms with E-state index in [-0.39, 0.29) is 23.1 Å². The molecular formula is C23H33N5O2. The van der Waals surface area contributed by atoms with Gasteiger partial charge in [-0.2, -0.15) is 0 Å². The van der Waals surface area contributed by atoms with Crippen molar-refractivity contribution in [1.82, 2.24) is 24.8 Å². The lowest BCUT2D eigenvalue weighted by Crippen LogP contribution is -2.37. The number of fused-ring (bicyclic) bond motifs is 1. The maximum Gasteiger partial charge on any atom is 0.263 e. The molecule has 0 aromatic carbocycles. The number of amides is 1. The minimum atomic E-state index is -0.335. The van der Waals surface area contributed by atoms with E-state index in [1.165, 1.54) is 18.4 Å². The third-order valence-corrected chi connectivity index (χ3v) is 5.73. The van der Waals surface area contributed by atoms with Crippen molar-refractivity contribution >= 4 is 5.91 Å². The Balaban J connectivity index is 1.69. The van der Waals surface area contributed by atoms with Gasteiger partial charge in [-0.05, 0) is 77.7 Å². The molecule has 162 valence electrons. The lowest BCUT2D eigenvalue weighted by Gasteiger charge is -2.20. The van der Waals surface area contributed by atoms with Gasteiger partial charge in [0.2, 0.25) is 0 Å². The molecule has 1 amide bonds. The zero-order valence-electron chi connectivity index (χ0n) is 18.8. The topological polar surface area (TPSA) is 80.1 Å². The molecule has 0 fully saturated rings. The van der Waals surface area contributed by atoms with Gasteiger partial charge in [0.25, 0.3) is 11.5 Å². The van der Waals surface area contributed by atoms with Crippen molar-refractivity contribution in [1.29, 1.82) is 0 Å². The van der Waals surface area contributed by atoms with Gasteiger partial charge in [0.05, 0.1) is 0 Å². The largest absolute Gasteiger partial charge is 0.351 e. The third kappa shape index (κ3) is 4.95. The second-order valence-electron chi connectivity index (χ2n) is 8.56. The predicted molar refractivity (Wildman–Crippen MR) is 118 cm³/mol. The van der Waals surface area contributed by atoms with Crippen molar-refractivity contribution in [3.63, 3.8) is 0 Å². The van der Waals surface area contributed by atoms with E-state index >= 15 is 0 Å². The minimum absolute atomic E-state index is 0.0217. The Morgan fingerprint density at radius 1 is 1.23 bits per heavy atom. The number of rotatable bonds is 7. The van der Waals surface area contributed by atoms with Gasteiger partial charge >= 0.3 is 0 Å². The standard InChI is InChI=1S/C23H33N5O2/c1-15-11-13-28(16(2)14-27(4)5)23(30)21(15)22(29)24-12-10-20-25-17(3)18-8-6-7-9-19(18)26-20/h11,13,16H,6-10,12,14H2,1-5H3,(H,24,29). The van der Waals surface area contributed by atoms with Crippen LogP contribution in [0.5, 0.6) is 0 Å². The first-order valence-electron chi connectivity index (χ1n) is 10.8. The van der Waals surface area contributed by atoms with Gasteiger partial charge in [-0.3, -0.25) is 9.59 Å². The minimum Gasteiger partial charge on any atom is -0.351 e. The van der Waals surface area contributed by atoms with Crippen molar-refractivity contribution < 1.29 is 4.79 Å². The number of pyridine rings is 1. The number of hydrogen-bond acceptors (Lipinski definition) is 5. The van der Waals surface area contributed by atoms with Gasteiger partial charge < -0.3 is 14.8 Å². The van der Waals surface area contributed by atoms with Crippen LogP contribution in [-0.2, 0) is 19.3 Å². The fourth-order valence-corrected chi connectivity index (χ4v) is 4.21. The lowest BCUT2D eigenvalue weighted by atomic mass is 9.95. The normalized spacial score (nSPS) is 14.5. The molecule has 2 aromatic rings. The van der Waals surface area contributed by atoms with E-state index in [0.29, 0.717) is 18.5 Å². The summed E-state index contributed by atoms with van der Waals surface area (Å²) in [6, 6.07) is 1.81. The summed E-state index contributed by atoms with van der Waals surface area (Å²) in [7, 11) is 3.93. The summed E-state index contributed by atoms with van der Waals surface area (Å²) in [6.07, 6.45) is 6.76. The molecule has 1 atom stereocenters. The number of aryl methyl sites for hydroxylation is 3. The first-order chi connectivity index (χ1) is 14.3. The highest BCUT2D eigenvalue weighted by Crippen LogP contribution is 2.21. The van der Waals surface area contributed by atoms with E-state index in [1.54, 1.807) is 17.7 Å². The van der Waals surface area contributed by atoms with Crippen LogP contribution in [0.3, 0.4) is 0 Å². The maximum atomic E-state index is 13.0. The summed E-state index contributed by atoms with van der Waals surface area (Å²) < 4.78 is 1.64. The molecule has 1 unspecified atom stereocenters. The van der Waals surface area contributed by atoms with Crippen molar-refractivity contribution in [2.24, 2.45) is 0 Å². The predicted octanol–water partition coefficient (Wildman–Crippen LogP) is 2.23. The summed E-state index contributed by atoms with van der Waals surface area (Å²) in [5.74, 6) is 0.425. The first-order valence-corrected chi connectivity index (χ1v) is 10.8. The highest BCUT2D eigenvalue weighted by Gasteiger charge is 2.19. The van der Waals surface area contributed by atoms with Crippen molar-refractivity contribution in [2.45, 2.75) is 58.9 Å². The Kier molecular flexibility index (Phi) is 7.02. The molecule has 2 aromatic heterocycles. The average molecular weight is 412 g/mol. The summed E-state index contributed by atoms with van der Waals surface area (Å²) in [5, 5.41) is 2.89. The molecule has 0 saturated carbocycles. The van der Waals surface area contributed by atoms with Crippen LogP contribution in [0.4, 0.5) is 0 Å². The Hall–Kier alpha value is -2.54. The van der Waals surface area contributed by atoms with Crippen LogP contribution in [0.25, 0.3) is 0 Å². The van der Waals surface area contributed by atoms with E-state index < -0.39 is 0 Å². The molecule has 7 nitrogen and oxygen atoms in total. The van der Waals surface area contributed by atoms with Crippen LogP contribution in [0.15, 0.2) is 17.1 Å². The molecule has 1 aliphatic rings. The smallest absolute Gasteiger partial charge is 0.263 e. The van der Waals surface area contributed by atoms with Crippen LogP contribution in [0.1, 0.15) is 64.5 Å². The molecular weight excluding hydrogens is 378 g/mol. The molecule has 0 spiro atoms. The quantitative estimate of drug-likeness (QED) is 0.756. The van der Waals surface area contributed by atoms with Crippen LogP contribution in [0, 0.1) is 13.8 Å². The van der Waals surface area contributed by atoms with E-state index in [1.807, 2.05) is 38.9 Å². The van der Waals surface area contributed by atoms with Crippen LogP contribution >= 0.6 is 0 Å². The number of carbonyl (C=O) groups is 1. The number of aromatic nitrogens is 3. The zero-order chi connectivity index (χ0) is 21.8. The first kappa shape index (κ1) is 22.2. The van der Waals surface area contributed by atoms with E-state index in [2.05, 4.69) is 10.3 Å². The Morgan fingerprint density at radius 2 is 1.97 bits per heavy atom. The highest BCUT2D eigenvalue weighted by molar-refractivity contribution is 5.95. The van der Waals surface area contributed by atoms with Crippen LogP contribution in [0.2, 0.25) is 0 Å². The number of hydrogen-bond donors (Lipinski definition) is 1. The number of likely N-dealkylation sites (N-methyl/N-ethyl adjacent to an activating group) is 1. The SMILES string of the molecule is Cc1ccn(C(C)CN(C)C)c(=O)c1C(=O)NCCc1nc(C)c2c(n1)CCCC2. The Morgan fingerprint density at radius 3 is 2.70 bits per heavy atom. The van der Waals surface area contributed by atoms with E-state index in [4.69, 9.17) is 4.98 Å². The molecule has 0 saturated heterocycles. The molecule has 1 N–H and O–H groups in total. The molecule has 30 heavy (non-hydrogen) atoms. The van der Waals surface area contributed by atoms with E-state index in [0.717, 1.165) is 36.6 Å². The Bertz CT molecular complexity index is 980. The highest BCUT2D eigenvalue weighted by atomic mass is 16.2. The molecule has 0 radical (unpaired) electrons. The van der Waals surface area contributed by atoms with Crippen molar-refractivity contribution in [3.8, 4) is 0 Å². The van der Waals surface area contributed by atoms with Gasteiger partial charge in [-0.15, -0.1) is 0 Å². The number of nitrogens with zero attached hydrogens (tertiary/aromatic N) is 4. The van der Waals surface area contributed by atoms with Crippen LogP contribution < -0.4 is 10.9 Å². The van der Waals surface area contributed by atoms with Gasteiger partial charge in [0.1, 0.15) is 11.4 Å². The summed E-state index contributed by atoms with van der Waals surface area (Å²) in [6.45, 7) is 6.94. The molecule has 1 aliphatic carbocycles. The zero-order valence-corrected chi connectivity index (χ0v) is 18.8. The van der Waals surface area contributed by atoms with Gasteiger partial charge in [0, 0.05) is 43.1 Å². The lowest BCUT2D eigenvalue weighted by molar-refractivity contribution is 0.0951. The third-order valence-electron chi connectivity index (χ3n) is 5.73. The summed E-state index contributed by atoms with van der Waals surface area (Å²) in [4.78, 5) is 37.1. The number of nitrogens with one attached hydrogen (secondary N) is 1. The second kappa shape index (κ2) is 9.51. The molecule has 7 heteroatoms. The second-order valence-corrected chi connectivity index (χ2v) is 8.56. The van der Waals surface area contributed by atoms with Gasteiger partial charge in [-0.25, -0.2) is 9.97 Å². The fourth-order valence-electron chi connectivity index (χ4n) is 4.21. The molecule has 2 heterocycles. The van der Waals surface area contributed by atoms with Gasteiger partial charge in [0.15, 0.2) is 0 Å².